The summed E-state index contributed by atoms with van der Waals surface area (Å²) in [5, 5.41) is 2.60. The van der Waals surface area contributed by atoms with Gasteiger partial charge < -0.3 is 5.32 Å². The highest BCUT2D eigenvalue weighted by molar-refractivity contribution is 6.28. The molecule has 0 aromatic carbocycles. The van der Waals surface area contributed by atoms with Gasteiger partial charge in [-0.2, -0.15) is 0 Å². The van der Waals surface area contributed by atoms with Crippen LogP contribution in [0.3, 0.4) is 0 Å². The van der Waals surface area contributed by atoms with Gasteiger partial charge in [0.15, 0.2) is 5.78 Å². The van der Waals surface area contributed by atoms with Gasteiger partial charge in [0.05, 0.1) is 11.9 Å². The first-order valence-electron chi connectivity index (χ1n) is 4.18. The number of ketones is 1. The zero-order valence-electron chi connectivity index (χ0n) is 8.48. The van der Waals surface area contributed by atoms with E-state index < -0.39 is 11.5 Å². The Bertz CT molecular complexity index is 208. The molecule has 1 amide bonds. The van der Waals surface area contributed by atoms with Crippen molar-refractivity contribution in [2.75, 3.05) is 5.88 Å². The molecule has 3 nitrogen and oxygen atoms in total. The number of alkyl halides is 1. The molecule has 1 N–H and O–H groups in total. The number of halogens is 1. The highest BCUT2D eigenvalue weighted by atomic mass is 35.5. The van der Waals surface area contributed by atoms with Gasteiger partial charge in [0.25, 0.3) is 0 Å². The summed E-state index contributed by atoms with van der Waals surface area (Å²) in [4.78, 5) is 22.4. The second kappa shape index (κ2) is 4.61. The summed E-state index contributed by atoms with van der Waals surface area (Å²) < 4.78 is 0. The molecule has 13 heavy (non-hydrogen) atoms. The first-order valence-corrected chi connectivity index (χ1v) is 4.72. The average Bonchev–Trinajstić information content (AvgIpc) is 2.01. The number of carbonyl (C=O) groups excluding carboxylic acids is 2. The fourth-order valence-electron chi connectivity index (χ4n) is 0.609. The number of amides is 1. The van der Waals surface area contributed by atoms with Crippen LogP contribution in [-0.2, 0) is 9.59 Å². The predicted molar refractivity (Wildman–Crippen MR) is 52.8 cm³/mol. The van der Waals surface area contributed by atoms with E-state index in [1.54, 1.807) is 27.7 Å². The third kappa shape index (κ3) is 4.27. The second-order valence-electron chi connectivity index (χ2n) is 4.05. The Morgan fingerprint density at radius 3 is 2.15 bits per heavy atom. The summed E-state index contributed by atoms with van der Waals surface area (Å²) in [6.07, 6.45) is 0. The van der Waals surface area contributed by atoms with Crippen molar-refractivity contribution in [1.82, 2.24) is 5.32 Å². The summed E-state index contributed by atoms with van der Waals surface area (Å²) in [6.45, 7) is 7.01. The van der Waals surface area contributed by atoms with Crippen LogP contribution in [0.5, 0.6) is 0 Å². The fourth-order valence-corrected chi connectivity index (χ4v) is 0.841. The summed E-state index contributed by atoms with van der Waals surface area (Å²) in [7, 11) is 0. The largest absolute Gasteiger partial charge is 0.346 e. The maximum Gasteiger partial charge on any atom is 0.225 e. The van der Waals surface area contributed by atoms with Crippen molar-refractivity contribution in [1.29, 1.82) is 0 Å². The van der Waals surface area contributed by atoms with Crippen LogP contribution >= 0.6 is 11.6 Å². The van der Waals surface area contributed by atoms with E-state index >= 15 is 0 Å². The van der Waals surface area contributed by atoms with Crippen LogP contribution in [0.1, 0.15) is 27.7 Å². The minimum atomic E-state index is -0.496. The van der Waals surface area contributed by atoms with Crippen molar-refractivity contribution in [3.8, 4) is 0 Å². The molecule has 0 aliphatic carbocycles. The molecule has 0 radical (unpaired) electrons. The average molecular weight is 206 g/mol. The Morgan fingerprint density at radius 2 is 1.85 bits per heavy atom. The van der Waals surface area contributed by atoms with Crippen LogP contribution in [0.15, 0.2) is 0 Å². The monoisotopic (exact) mass is 205 g/mol. The van der Waals surface area contributed by atoms with Crippen LogP contribution in [-0.4, -0.2) is 23.6 Å². The van der Waals surface area contributed by atoms with E-state index in [0.29, 0.717) is 0 Å². The zero-order chi connectivity index (χ0) is 10.6. The first kappa shape index (κ1) is 12.4. The Hall–Kier alpha value is -0.570. The normalized spacial score (nSPS) is 13.6. The molecule has 0 aromatic rings. The Morgan fingerprint density at radius 1 is 1.38 bits per heavy atom. The van der Waals surface area contributed by atoms with Gasteiger partial charge in [0.2, 0.25) is 5.91 Å². The SMILES string of the molecule is C[C@H](NC(=O)C(C)(C)C)C(=O)CCl. The lowest BCUT2D eigenvalue weighted by atomic mass is 9.95. The van der Waals surface area contributed by atoms with Gasteiger partial charge in [0.1, 0.15) is 0 Å². The third-order valence-corrected chi connectivity index (χ3v) is 1.91. The molecular formula is C9H16ClNO2. The number of Topliss-reactive ketones (excluding diaryl/α,β-unsaturated/α-hetero) is 1. The molecule has 0 aliphatic heterocycles. The Kier molecular flexibility index (Phi) is 4.40. The van der Waals surface area contributed by atoms with Crippen LogP contribution < -0.4 is 5.32 Å². The minimum absolute atomic E-state index is 0.0639. The molecule has 0 spiro atoms. The van der Waals surface area contributed by atoms with E-state index in [2.05, 4.69) is 5.32 Å². The van der Waals surface area contributed by atoms with Crippen LogP contribution in [0, 0.1) is 5.41 Å². The minimum Gasteiger partial charge on any atom is -0.346 e. The molecule has 0 aliphatic rings. The number of nitrogens with one attached hydrogen (secondary N) is 1. The van der Waals surface area contributed by atoms with Gasteiger partial charge >= 0.3 is 0 Å². The molecule has 0 saturated heterocycles. The van der Waals surface area contributed by atoms with Gasteiger partial charge in [-0.25, -0.2) is 0 Å². The molecule has 0 rings (SSSR count). The maximum absolute atomic E-state index is 11.4. The van der Waals surface area contributed by atoms with Gasteiger partial charge in [-0.05, 0) is 6.92 Å². The lowest BCUT2D eigenvalue weighted by molar-refractivity contribution is -0.131. The van der Waals surface area contributed by atoms with Crippen molar-refractivity contribution in [3.05, 3.63) is 0 Å². The second-order valence-corrected chi connectivity index (χ2v) is 4.31. The van der Waals surface area contributed by atoms with Gasteiger partial charge in [-0.15, -0.1) is 11.6 Å². The lowest BCUT2D eigenvalue weighted by Crippen LogP contribution is -2.44. The zero-order valence-corrected chi connectivity index (χ0v) is 9.23. The number of rotatable bonds is 3. The molecule has 0 fully saturated rings. The van der Waals surface area contributed by atoms with E-state index in [0.717, 1.165) is 0 Å². The highest BCUT2D eigenvalue weighted by Crippen LogP contribution is 2.12. The van der Waals surface area contributed by atoms with E-state index in [1.807, 2.05) is 0 Å². The molecule has 0 heterocycles. The number of hydrogen-bond donors (Lipinski definition) is 1. The molecule has 1 atom stereocenters. The van der Waals surface area contributed by atoms with Crippen LogP contribution in [0.25, 0.3) is 0 Å². The smallest absolute Gasteiger partial charge is 0.225 e. The quantitative estimate of drug-likeness (QED) is 0.707. The van der Waals surface area contributed by atoms with Crippen LogP contribution in [0.4, 0.5) is 0 Å². The van der Waals surface area contributed by atoms with E-state index in [4.69, 9.17) is 11.6 Å². The fraction of sp³-hybridized carbons (Fsp3) is 0.778. The standard InChI is InChI=1S/C9H16ClNO2/c1-6(7(12)5-10)11-8(13)9(2,3)4/h6H,5H2,1-4H3,(H,11,13)/t6-/m0/s1. The van der Waals surface area contributed by atoms with E-state index in [1.165, 1.54) is 0 Å². The molecule has 0 bridgehead atoms. The van der Waals surface area contributed by atoms with Crippen molar-refractivity contribution in [3.63, 3.8) is 0 Å². The van der Waals surface area contributed by atoms with Gasteiger partial charge in [-0.3, -0.25) is 9.59 Å². The van der Waals surface area contributed by atoms with Crippen molar-refractivity contribution >= 4 is 23.3 Å². The van der Waals surface area contributed by atoms with Crippen LogP contribution in [0.2, 0.25) is 0 Å². The Labute approximate surface area is 83.8 Å². The van der Waals surface area contributed by atoms with Gasteiger partial charge in [0, 0.05) is 5.41 Å². The molecule has 0 saturated carbocycles. The number of carbonyl (C=O) groups is 2. The maximum atomic E-state index is 11.4. The van der Waals surface area contributed by atoms with Crippen molar-refractivity contribution in [2.45, 2.75) is 33.7 Å². The summed E-state index contributed by atoms with van der Waals surface area (Å²) >= 11 is 5.34. The summed E-state index contributed by atoms with van der Waals surface area (Å²) in [5.74, 6) is -0.372. The highest BCUT2D eigenvalue weighted by Gasteiger charge is 2.24. The Balaban J connectivity index is 4.15. The summed E-state index contributed by atoms with van der Waals surface area (Å²) in [6, 6.07) is -0.496. The molecule has 0 aromatic heterocycles. The summed E-state index contributed by atoms with van der Waals surface area (Å²) in [5.41, 5.74) is -0.471. The predicted octanol–water partition coefficient (Wildman–Crippen LogP) is 1.35. The molecule has 4 heteroatoms. The molecule has 76 valence electrons. The van der Waals surface area contributed by atoms with E-state index in [9.17, 15) is 9.59 Å². The topological polar surface area (TPSA) is 46.2 Å². The van der Waals surface area contributed by atoms with Gasteiger partial charge in [-0.1, -0.05) is 20.8 Å². The molecule has 0 unspecified atom stereocenters. The van der Waals surface area contributed by atoms with E-state index in [-0.39, 0.29) is 17.6 Å². The van der Waals surface area contributed by atoms with Crippen molar-refractivity contribution < 1.29 is 9.59 Å². The van der Waals surface area contributed by atoms with Crippen molar-refractivity contribution in [2.24, 2.45) is 5.41 Å². The first-order chi connectivity index (χ1) is 5.79. The third-order valence-electron chi connectivity index (χ3n) is 1.64. The lowest BCUT2D eigenvalue weighted by Gasteiger charge is -2.20. The number of hydrogen-bond acceptors (Lipinski definition) is 2. The molecular weight excluding hydrogens is 190 g/mol.